The van der Waals surface area contributed by atoms with Gasteiger partial charge in [0.2, 0.25) is 0 Å². The Balaban J connectivity index is 1.47. The Morgan fingerprint density at radius 2 is 1.73 bits per heavy atom. The highest BCUT2D eigenvalue weighted by molar-refractivity contribution is 5.88. The van der Waals surface area contributed by atoms with Crippen LogP contribution in [0.4, 0.5) is 0 Å². The summed E-state index contributed by atoms with van der Waals surface area (Å²) in [5, 5.41) is 2.36. The molecule has 1 aliphatic rings. The molecule has 5 nitrogen and oxygen atoms in total. The van der Waals surface area contributed by atoms with Gasteiger partial charge in [-0.05, 0) is 41.5 Å². The minimum Gasteiger partial charge on any atom is -0.492 e. The Morgan fingerprint density at radius 1 is 0.962 bits per heavy atom. The lowest BCUT2D eigenvalue weighted by Crippen LogP contribution is -2.38. The Kier molecular flexibility index (Phi) is 5.09. The third-order valence-corrected chi connectivity index (χ3v) is 4.71. The van der Waals surface area contributed by atoms with Crippen LogP contribution in [0.1, 0.15) is 5.82 Å². The van der Waals surface area contributed by atoms with Crippen LogP contribution >= 0.6 is 0 Å². The maximum absolute atomic E-state index is 5.97. The van der Waals surface area contributed by atoms with Crippen molar-refractivity contribution in [3.8, 4) is 16.9 Å². The van der Waals surface area contributed by atoms with E-state index in [1.54, 1.807) is 0 Å². The molecule has 1 aliphatic heterocycles. The van der Waals surface area contributed by atoms with Crippen molar-refractivity contribution in [1.82, 2.24) is 14.9 Å². The van der Waals surface area contributed by atoms with E-state index in [-0.39, 0.29) is 0 Å². The average Bonchev–Trinajstić information content (AvgIpc) is 2.69. The Bertz CT molecular complexity index is 874. The van der Waals surface area contributed by atoms with E-state index < -0.39 is 0 Å². The smallest absolute Gasteiger partial charge is 0.125 e. The van der Waals surface area contributed by atoms with E-state index >= 15 is 0 Å². The van der Waals surface area contributed by atoms with Gasteiger partial charge in [0.1, 0.15) is 18.2 Å². The summed E-state index contributed by atoms with van der Waals surface area (Å²) in [6, 6.07) is 12.6. The first kappa shape index (κ1) is 16.9. The molecule has 5 heteroatoms. The van der Waals surface area contributed by atoms with Crippen molar-refractivity contribution in [2.75, 3.05) is 39.5 Å². The molecule has 0 spiro atoms. The molecule has 0 radical (unpaired) electrons. The second-order valence-corrected chi connectivity index (χ2v) is 6.55. The zero-order valence-corrected chi connectivity index (χ0v) is 15.0. The Morgan fingerprint density at radius 3 is 2.54 bits per heavy atom. The molecule has 2 heterocycles. The van der Waals surface area contributed by atoms with Crippen LogP contribution in [0.2, 0.25) is 0 Å². The van der Waals surface area contributed by atoms with E-state index in [2.05, 4.69) is 45.2 Å². The number of aromatic nitrogens is 2. The van der Waals surface area contributed by atoms with Gasteiger partial charge >= 0.3 is 0 Å². The molecule has 3 aromatic rings. The standard InChI is InChI=1S/C21H23N3O2/c1-16-22-14-20(15-23-16)18-3-2-17-4-5-21(13-19(17)12-18)26-11-8-24-6-9-25-10-7-24/h2-5,12-15H,6-11H2,1H3. The van der Waals surface area contributed by atoms with Crippen LogP contribution in [0.5, 0.6) is 5.75 Å². The Hall–Kier alpha value is -2.50. The van der Waals surface area contributed by atoms with Crippen molar-refractivity contribution in [2.24, 2.45) is 0 Å². The van der Waals surface area contributed by atoms with Gasteiger partial charge < -0.3 is 9.47 Å². The van der Waals surface area contributed by atoms with Gasteiger partial charge in [-0.25, -0.2) is 9.97 Å². The van der Waals surface area contributed by atoms with Crippen molar-refractivity contribution in [1.29, 1.82) is 0 Å². The molecule has 0 amide bonds. The molecule has 1 saturated heterocycles. The molecule has 2 aromatic carbocycles. The largest absolute Gasteiger partial charge is 0.492 e. The first-order valence-electron chi connectivity index (χ1n) is 9.04. The van der Waals surface area contributed by atoms with E-state index in [9.17, 15) is 0 Å². The molecule has 0 bridgehead atoms. The van der Waals surface area contributed by atoms with Crippen molar-refractivity contribution < 1.29 is 9.47 Å². The van der Waals surface area contributed by atoms with E-state index in [4.69, 9.17) is 9.47 Å². The van der Waals surface area contributed by atoms with E-state index in [0.717, 1.165) is 60.9 Å². The Labute approximate surface area is 153 Å². The zero-order valence-electron chi connectivity index (χ0n) is 15.0. The van der Waals surface area contributed by atoms with Crippen molar-refractivity contribution in [2.45, 2.75) is 6.92 Å². The quantitative estimate of drug-likeness (QED) is 0.707. The van der Waals surface area contributed by atoms with Crippen molar-refractivity contribution >= 4 is 10.8 Å². The predicted octanol–water partition coefficient (Wildman–Crippen LogP) is 3.32. The molecule has 4 rings (SSSR count). The van der Waals surface area contributed by atoms with Gasteiger partial charge in [-0.3, -0.25) is 4.90 Å². The minimum absolute atomic E-state index is 0.691. The summed E-state index contributed by atoms with van der Waals surface area (Å²) < 4.78 is 11.3. The zero-order chi connectivity index (χ0) is 17.8. The monoisotopic (exact) mass is 349 g/mol. The average molecular weight is 349 g/mol. The summed E-state index contributed by atoms with van der Waals surface area (Å²) in [4.78, 5) is 11.0. The fourth-order valence-corrected chi connectivity index (χ4v) is 3.15. The van der Waals surface area contributed by atoms with Gasteiger partial charge in [0.15, 0.2) is 0 Å². The second kappa shape index (κ2) is 7.81. The molecular weight excluding hydrogens is 326 g/mol. The summed E-state index contributed by atoms with van der Waals surface area (Å²) in [6.45, 7) is 7.14. The number of fused-ring (bicyclic) bond motifs is 1. The maximum Gasteiger partial charge on any atom is 0.125 e. The maximum atomic E-state index is 5.97. The summed E-state index contributed by atoms with van der Waals surface area (Å²) in [5.41, 5.74) is 2.14. The molecule has 0 unspecified atom stereocenters. The first-order chi connectivity index (χ1) is 12.8. The SMILES string of the molecule is Cc1ncc(-c2ccc3ccc(OCCN4CCOCC4)cc3c2)cn1. The molecule has 26 heavy (non-hydrogen) atoms. The third kappa shape index (κ3) is 4.00. The van der Waals surface area contributed by atoms with Crippen LogP contribution in [0.15, 0.2) is 48.8 Å². The lowest BCUT2D eigenvalue weighted by atomic mass is 10.0. The predicted molar refractivity (Wildman–Crippen MR) is 102 cm³/mol. The van der Waals surface area contributed by atoms with Gasteiger partial charge in [-0.2, -0.15) is 0 Å². The number of hydrogen-bond donors (Lipinski definition) is 0. The fourth-order valence-electron chi connectivity index (χ4n) is 3.15. The van der Waals surface area contributed by atoms with Crippen LogP contribution in [0.3, 0.4) is 0 Å². The van der Waals surface area contributed by atoms with Crippen LogP contribution in [0.25, 0.3) is 21.9 Å². The summed E-state index contributed by atoms with van der Waals surface area (Å²) in [6.07, 6.45) is 3.73. The summed E-state index contributed by atoms with van der Waals surface area (Å²) >= 11 is 0. The van der Waals surface area contributed by atoms with Crippen molar-refractivity contribution in [3.63, 3.8) is 0 Å². The lowest BCUT2D eigenvalue weighted by Gasteiger charge is -2.26. The van der Waals surface area contributed by atoms with Gasteiger partial charge in [-0.1, -0.05) is 18.2 Å². The fraction of sp³-hybridized carbons (Fsp3) is 0.333. The number of ether oxygens (including phenoxy) is 2. The molecular formula is C21H23N3O2. The second-order valence-electron chi connectivity index (χ2n) is 6.55. The van der Waals surface area contributed by atoms with Gasteiger partial charge in [0.05, 0.1) is 13.2 Å². The normalized spacial score (nSPS) is 15.3. The lowest BCUT2D eigenvalue weighted by molar-refractivity contribution is 0.0322. The molecule has 1 aromatic heterocycles. The van der Waals surface area contributed by atoms with Crippen LogP contribution in [-0.4, -0.2) is 54.3 Å². The highest BCUT2D eigenvalue weighted by atomic mass is 16.5. The first-order valence-corrected chi connectivity index (χ1v) is 9.04. The number of aryl methyl sites for hydroxylation is 1. The number of nitrogens with zero attached hydrogens (tertiary/aromatic N) is 3. The van der Waals surface area contributed by atoms with E-state index in [1.165, 1.54) is 5.39 Å². The summed E-state index contributed by atoms with van der Waals surface area (Å²) in [7, 11) is 0. The minimum atomic E-state index is 0.691. The van der Waals surface area contributed by atoms with Gasteiger partial charge in [0, 0.05) is 37.6 Å². The number of hydrogen-bond acceptors (Lipinski definition) is 5. The van der Waals surface area contributed by atoms with E-state index in [0.29, 0.717) is 6.61 Å². The molecule has 134 valence electrons. The van der Waals surface area contributed by atoms with Gasteiger partial charge in [-0.15, -0.1) is 0 Å². The number of benzene rings is 2. The van der Waals surface area contributed by atoms with Gasteiger partial charge in [0.25, 0.3) is 0 Å². The van der Waals surface area contributed by atoms with E-state index in [1.807, 2.05) is 25.4 Å². The number of morpholine rings is 1. The number of rotatable bonds is 5. The summed E-state index contributed by atoms with van der Waals surface area (Å²) in [5.74, 6) is 1.69. The highest BCUT2D eigenvalue weighted by Crippen LogP contribution is 2.26. The van der Waals surface area contributed by atoms with Crippen LogP contribution in [0, 0.1) is 6.92 Å². The molecule has 0 N–H and O–H groups in total. The topological polar surface area (TPSA) is 47.5 Å². The third-order valence-electron chi connectivity index (χ3n) is 4.71. The molecule has 0 saturated carbocycles. The molecule has 1 fully saturated rings. The van der Waals surface area contributed by atoms with Crippen LogP contribution in [-0.2, 0) is 4.74 Å². The molecule has 0 atom stereocenters. The highest BCUT2D eigenvalue weighted by Gasteiger charge is 2.10. The van der Waals surface area contributed by atoms with Crippen LogP contribution < -0.4 is 4.74 Å². The molecule has 0 aliphatic carbocycles. The van der Waals surface area contributed by atoms with Crippen molar-refractivity contribution in [3.05, 3.63) is 54.6 Å².